The monoisotopic (exact) mass is 1790 g/mol. The van der Waals surface area contributed by atoms with Crippen LogP contribution < -0.4 is 5.32 Å². The lowest BCUT2D eigenvalue weighted by Crippen LogP contribution is -2.63. The Morgan fingerprint density at radius 2 is 0.556 bits per heavy atom. The van der Waals surface area contributed by atoms with Crippen LogP contribution in [0.3, 0.4) is 0 Å². The average molecular weight is 1790 g/mol. The van der Waals surface area contributed by atoms with Gasteiger partial charge in [0.2, 0.25) is 11.8 Å². The first-order chi connectivity index (χ1) is 67.0. The summed E-state index contributed by atoms with van der Waals surface area (Å²) in [5, 5.41) is 2.34. The third kappa shape index (κ3) is 35.1. The summed E-state index contributed by atoms with van der Waals surface area (Å²) in [6.07, 6.45) is -46.0. The first kappa shape index (κ1) is 79.8. The van der Waals surface area contributed by atoms with Crippen LogP contribution in [-0.4, -0.2) is 331 Å². The van der Waals surface area contributed by atoms with Crippen molar-refractivity contribution in [3.63, 3.8) is 0 Å². The van der Waals surface area contributed by atoms with Gasteiger partial charge < -0.3 is 134 Å². The van der Waals surface area contributed by atoms with Gasteiger partial charge in [-0.2, -0.15) is 0 Å². The minimum Gasteiger partial charge on any atom is -0.463 e. The van der Waals surface area contributed by atoms with Gasteiger partial charge in [-0.05, 0) is 12.0 Å². The summed E-state index contributed by atoms with van der Waals surface area (Å²) in [6.45, 7) is -30.9. The standard InChI is InChI=1S/C77H105N3O44/c1-37(81)104-33-55-60(109-41(5)85)64(113-45(9)89)68(117-49(13)93)73(121-55)100-28-24-79(25-29-101-74-69(118-50(14)94)65(114-46(10)90)61(110-42(6)86)56(122-74)34-105-38(2)82)59(97)23-22-54(78-77(99)108-32-53-20-18-17-19-21-53)72(98)80(26-30-102-75-70(119-51(15)95)66(115-47(11)91)62(111-43(7)87)57(123-75)35-106-39(3)83)27-31-103-76-71(120-52(16)96)67(116-48(12)92)63(112-44(8)88)58(124-76)36-107-40(4)84/h17-21,54-58,60-71,73-76H,22-36H2,1-16H3,(H,78,99)/t54-,55+,56+,57+,58+,60+,61+,62+,63+,64-,65-,66-,67-,68-,69-,70-,71-,73?,74?,75?,76?/m0/s1/i1D,2D,3D,4D,5D,6D,7D,8D,9D,10D,11D,12D,13D,14D,15D,16D. The Balaban J connectivity index is 1.80. The number of benzene rings is 1. The molecule has 0 spiro atoms. The predicted molar refractivity (Wildman–Crippen MR) is 398 cm³/mol. The molecule has 47 nitrogen and oxygen atoms in total. The number of nitrogens with one attached hydrogen (secondary N) is 1. The number of esters is 16. The SMILES string of the molecule is [2H]CC(=O)OC[C@H]1OC(OCCN(CCOC2O[C@H](COC(=O)C[2H])[C@@H](OC(=O)C[2H])[C@H](OC(=O)C[2H])[C@@H]2OC(=O)C[2H])C(=O)CC[C@H](NC(=O)OCc2ccccc2)C(=O)N(CCOC2O[C@H](COC(=O)C[2H])[C@@H](OC(=O)C[2H])[C@H](OC(=O)C[2H])[C@@H]2OC(=O)C[2H])CCOC2O[C@H](COC(=O)C[2H])[C@@H](OC(=O)C[2H])[C@H](OC(=O)C[2H])[C@@H]2OC(=O)C[2H])[C@@H](OC(=O)C[2H])[C@@H](OC(=O)C[2H])[C@@H]1OC(=O)C[2H]. The molecule has 3 amide bonds. The smallest absolute Gasteiger partial charge is 0.408 e. The average Bonchev–Trinajstić information content (AvgIpc) is 0.796. The summed E-state index contributed by atoms with van der Waals surface area (Å²) in [5.41, 5.74) is 0.312. The zero-order valence-electron chi connectivity index (χ0n) is 82.3. The van der Waals surface area contributed by atoms with Gasteiger partial charge >= 0.3 is 102 Å². The number of rotatable bonds is 43. The van der Waals surface area contributed by atoms with E-state index >= 15 is 9.59 Å². The van der Waals surface area contributed by atoms with Crippen LogP contribution in [0.1, 0.15) is 151 Å². The van der Waals surface area contributed by atoms with Gasteiger partial charge in [-0.25, -0.2) is 4.79 Å². The molecule has 124 heavy (non-hydrogen) atoms. The number of hydrogen-bond acceptors (Lipinski definition) is 44. The Bertz CT molecular complexity index is 4040. The lowest BCUT2D eigenvalue weighted by Gasteiger charge is -2.44. The molecule has 1 aromatic rings. The molecule has 4 saturated heterocycles. The molecule has 5 rings (SSSR count). The molecule has 1 aromatic carbocycles. The van der Waals surface area contributed by atoms with Crippen LogP contribution in [0.5, 0.6) is 0 Å². The second-order valence-electron chi connectivity index (χ2n) is 25.8. The number of ether oxygens (including phenoxy) is 25. The fraction of sp³-hybridized carbons (Fsp3) is 0.675. The van der Waals surface area contributed by atoms with Crippen LogP contribution >= 0.6 is 0 Å². The number of carbonyl (C=O) groups is 19. The second kappa shape index (κ2) is 51.0. The summed E-state index contributed by atoms with van der Waals surface area (Å²) in [7, 11) is 0. The third-order valence-corrected chi connectivity index (χ3v) is 16.9. The molecule has 4 unspecified atom stereocenters. The Morgan fingerprint density at radius 1 is 0.315 bits per heavy atom. The lowest BCUT2D eigenvalue weighted by molar-refractivity contribution is -0.309. The largest absolute Gasteiger partial charge is 0.463 e. The molecule has 1 N–H and O–H groups in total. The third-order valence-electron chi connectivity index (χ3n) is 16.9. The Hall–Kier alpha value is -11.4. The van der Waals surface area contributed by atoms with Crippen LogP contribution in [0, 0.1) is 0 Å². The molecule has 21 atom stereocenters. The van der Waals surface area contributed by atoms with E-state index < -0.39 is 451 Å². The summed E-state index contributed by atoms with van der Waals surface area (Å²) < 4.78 is 263. The number of amides is 3. The summed E-state index contributed by atoms with van der Waals surface area (Å²) in [4.78, 5) is 255. The van der Waals surface area contributed by atoms with Crippen molar-refractivity contribution < 1.29 is 231 Å². The van der Waals surface area contributed by atoms with Crippen molar-refractivity contribution in [3.8, 4) is 0 Å². The Labute approximate surface area is 732 Å². The van der Waals surface area contributed by atoms with E-state index in [1.807, 2.05) is 0 Å². The molecule has 4 fully saturated rings. The molecule has 0 saturated carbocycles. The molecule has 0 aromatic heterocycles. The summed E-state index contributed by atoms with van der Waals surface area (Å²) in [6, 6.07) is 5.43. The van der Waals surface area contributed by atoms with Crippen LogP contribution in [0.25, 0.3) is 0 Å². The van der Waals surface area contributed by atoms with Gasteiger partial charge in [-0.1, -0.05) is 30.3 Å². The van der Waals surface area contributed by atoms with Crippen molar-refractivity contribution in [3.05, 3.63) is 35.9 Å². The normalized spacial score (nSPS) is 27.5. The quantitative estimate of drug-likeness (QED) is 0.0612. The maximum atomic E-state index is 16.1. The highest BCUT2D eigenvalue weighted by molar-refractivity contribution is 5.87. The lowest BCUT2D eigenvalue weighted by atomic mass is 9.98. The number of nitrogens with zero attached hydrogens (tertiary/aromatic N) is 2. The minimum atomic E-state index is -2.24. The van der Waals surface area contributed by atoms with Gasteiger partial charge in [0, 0.05) is 165 Å². The van der Waals surface area contributed by atoms with Crippen LogP contribution in [-0.2, 0) is 211 Å². The minimum absolute atomic E-state index is 0.312. The number of alkyl carbamates (subject to hydrolysis) is 1. The van der Waals surface area contributed by atoms with Crippen LogP contribution in [0.2, 0.25) is 0 Å². The Kier molecular flexibility index (Phi) is 32.8. The molecule has 0 aliphatic carbocycles. The molecule has 692 valence electrons. The van der Waals surface area contributed by atoms with Gasteiger partial charge in [-0.3, -0.25) is 86.3 Å². The molecule has 0 bridgehead atoms. The van der Waals surface area contributed by atoms with Crippen molar-refractivity contribution >= 4 is 113 Å². The second-order valence-corrected chi connectivity index (χ2v) is 25.8. The van der Waals surface area contributed by atoms with E-state index in [4.69, 9.17) is 140 Å². The predicted octanol–water partition coefficient (Wildman–Crippen LogP) is -0.882. The van der Waals surface area contributed by atoms with E-state index in [1.54, 1.807) is 6.07 Å². The van der Waals surface area contributed by atoms with Crippen molar-refractivity contribution in [2.24, 2.45) is 0 Å². The zero-order valence-corrected chi connectivity index (χ0v) is 66.3. The van der Waals surface area contributed by atoms with E-state index in [9.17, 15) is 81.5 Å². The highest BCUT2D eigenvalue weighted by Crippen LogP contribution is 2.35. The number of carbonyl (C=O) groups excluding carboxylic acids is 19. The highest BCUT2D eigenvalue weighted by Gasteiger charge is 2.57. The molecule has 4 aliphatic heterocycles. The molecule has 4 heterocycles. The van der Waals surface area contributed by atoms with E-state index in [0.29, 0.717) is 10.5 Å². The van der Waals surface area contributed by atoms with Gasteiger partial charge in [0.25, 0.3) is 0 Å². The van der Waals surface area contributed by atoms with Gasteiger partial charge in [0.1, 0.15) is 63.5 Å². The van der Waals surface area contributed by atoms with E-state index in [-0.39, 0.29) is 0 Å². The van der Waals surface area contributed by atoms with Gasteiger partial charge in [-0.15, -0.1) is 0 Å². The van der Waals surface area contributed by atoms with Gasteiger partial charge in [0.05, 0.1) is 26.4 Å². The topological polar surface area (TPSA) is 574 Å². The molecular weight excluding hydrogens is 1670 g/mol. The first-order valence-corrected chi connectivity index (χ1v) is 36.3. The number of hydrogen-bond donors (Lipinski definition) is 1. The van der Waals surface area contributed by atoms with Crippen molar-refractivity contribution in [2.45, 2.75) is 259 Å². The van der Waals surface area contributed by atoms with Crippen molar-refractivity contribution in [1.29, 1.82) is 0 Å². The summed E-state index contributed by atoms with van der Waals surface area (Å²) >= 11 is 0. The van der Waals surface area contributed by atoms with Crippen LogP contribution in [0.4, 0.5) is 4.79 Å². The fourth-order valence-corrected chi connectivity index (χ4v) is 12.3. The first-order valence-electron chi connectivity index (χ1n) is 47.6. The highest BCUT2D eigenvalue weighted by atomic mass is 16.8. The maximum Gasteiger partial charge on any atom is 0.408 e. The summed E-state index contributed by atoms with van der Waals surface area (Å²) in [5.74, 6) is -24.7. The van der Waals surface area contributed by atoms with Gasteiger partial charge in [0.15, 0.2) is 98.4 Å². The Morgan fingerprint density at radius 3 is 0.815 bits per heavy atom. The van der Waals surface area contributed by atoms with E-state index in [2.05, 4.69) is 5.32 Å². The fourth-order valence-electron chi connectivity index (χ4n) is 12.3. The molecular formula is C77H105N3O44. The van der Waals surface area contributed by atoms with Crippen molar-refractivity contribution in [2.75, 3.05) is 79.0 Å². The molecule has 4 aliphatic rings. The van der Waals surface area contributed by atoms with Crippen molar-refractivity contribution in [1.82, 2.24) is 15.1 Å². The van der Waals surface area contributed by atoms with E-state index in [1.165, 1.54) is 24.3 Å². The van der Waals surface area contributed by atoms with Crippen LogP contribution in [0.15, 0.2) is 30.3 Å². The molecule has 47 heteroatoms. The molecule has 0 radical (unpaired) electrons. The zero-order chi connectivity index (χ0) is 104. The van der Waals surface area contributed by atoms with E-state index in [0.717, 1.165) is 4.90 Å². The maximum absolute atomic E-state index is 16.1.